The molecule has 3 saturated heterocycles. The zero-order valence-corrected chi connectivity index (χ0v) is 10.2. The van der Waals surface area contributed by atoms with E-state index in [1.54, 1.807) is 0 Å². The van der Waals surface area contributed by atoms with E-state index in [2.05, 4.69) is 0 Å². The molecule has 3 aliphatic heterocycles. The quantitative estimate of drug-likeness (QED) is 0.709. The van der Waals surface area contributed by atoms with Gasteiger partial charge in [0.1, 0.15) is 24.4 Å². The number of benzene rings is 1. The predicted octanol–water partition coefficient (Wildman–Crippen LogP) is 1.66. The average Bonchev–Trinajstić information content (AvgIpc) is 3.21. The van der Waals surface area contributed by atoms with Crippen molar-refractivity contribution >= 4 is 0 Å². The van der Waals surface area contributed by atoms with E-state index in [-0.39, 0.29) is 36.8 Å². The van der Waals surface area contributed by atoms with Gasteiger partial charge in [0.25, 0.3) is 0 Å². The molecule has 0 radical (unpaired) electrons. The molecule has 0 N–H and O–H groups in total. The molecule has 96 valence electrons. The van der Waals surface area contributed by atoms with Crippen LogP contribution in [-0.2, 0) is 18.9 Å². The highest BCUT2D eigenvalue weighted by atomic mass is 16.7. The fourth-order valence-corrected chi connectivity index (χ4v) is 2.87. The van der Waals surface area contributed by atoms with Crippen LogP contribution in [-0.4, -0.2) is 37.1 Å². The average molecular weight is 248 g/mol. The van der Waals surface area contributed by atoms with Crippen molar-refractivity contribution in [2.24, 2.45) is 0 Å². The first-order chi connectivity index (χ1) is 8.83. The van der Waals surface area contributed by atoms with Gasteiger partial charge in [-0.15, -0.1) is 0 Å². The van der Waals surface area contributed by atoms with Crippen molar-refractivity contribution in [2.45, 2.75) is 43.7 Å². The van der Waals surface area contributed by atoms with Crippen LogP contribution in [0, 0.1) is 0 Å². The first-order valence-corrected chi connectivity index (χ1v) is 6.46. The summed E-state index contributed by atoms with van der Waals surface area (Å²) in [6.07, 6.45) is 0.259. The Hall–Kier alpha value is -0.940. The van der Waals surface area contributed by atoms with Crippen LogP contribution in [0.2, 0.25) is 0 Å². The summed E-state index contributed by atoms with van der Waals surface area (Å²) in [6.45, 7) is 2.62. The lowest BCUT2D eigenvalue weighted by Crippen LogP contribution is -2.51. The Labute approximate surface area is 106 Å². The SMILES string of the molecule is CC1OC2COC(c3ccccc3)OC2C2OC12. The third-order valence-electron chi connectivity index (χ3n) is 3.87. The van der Waals surface area contributed by atoms with Crippen molar-refractivity contribution in [2.75, 3.05) is 6.61 Å². The Morgan fingerprint density at radius 1 is 0.944 bits per heavy atom. The molecular formula is C14H16O4. The van der Waals surface area contributed by atoms with Gasteiger partial charge in [0.05, 0.1) is 12.7 Å². The minimum Gasteiger partial charge on any atom is -0.367 e. The van der Waals surface area contributed by atoms with Crippen molar-refractivity contribution in [3.05, 3.63) is 35.9 Å². The molecule has 0 amide bonds. The lowest BCUT2D eigenvalue weighted by atomic mass is 10.0. The molecule has 18 heavy (non-hydrogen) atoms. The zero-order chi connectivity index (χ0) is 12.1. The molecule has 4 rings (SSSR count). The molecule has 0 bridgehead atoms. The Morgan fingerprint density at radius 2 is 1.78 bits per heavy atom. The summed E-state index contributed by atoms with van der Waals surface area (Å²) in [5.41, 5.74) is 1.05. The molecule has 3 fully saturated rings. The van der Waals surface area contributed by atoms with Gasteiger partial charge in [0.15, 0.2) is 6.29 Å². The van der Waals surface area contributed by atoms with E-state index < -0.39 is 0 Å². The minimum absolute atomic E-state index is 0.00344. The zero-order valence-electron chi connectivity index (χ0n) is 10.2. The smallest absolute Gasteiger partial charge is 0.184 e. The third kappa shape index (κ3) is 1.68. The third-order valence-corrected chi connectivity index (χ3v) is 3.87. The van der Waals surface area contributed by atoms with Crippen LogP contribution in [0.3, 0.4) is 0 Å². The topological polar surface area (TPSA) is 40.2 Å². The molecule has 6 atom stereocenters. The van der Waals surface area contributed by atoms with Crippen molar-refractivity contribution in [1.29, 1.82) is 0 Å². The molecular weight excluding hydrogens is 232 g/mol. The van der Waals surface area contributed by atoms with Crippen LogP contribution in [0.25, 0.3) is 0 Å². The monoisotopic (exact) mass is 248 g/mol. The van der Waals surface area contributed by atoms with Crippen LogP contribution >= 0.6 is 0 Å². The Morgan fingerprint density at radius 3 is 2.61 bits per heavy atom. The molecule has 3 aliphatic rings. The summed E-state index contributed by atoms with van der Waals surface area (Å²) in [6, 6.07) is 10.00. The number of hydrogen-bond donors (Lipinski definition) is 0. The summed E-state index contributed by atoms with van der Waals surface area (Å²) in [5, 5.41) is 0. The van der Waals surface area contributed by atoms with Gasteiger partial charge in [0, 0.05) is 5.56 Å². The van der Waals surface area contributed by atoms with Crippen LogP contribution in [0.1, 0.15) is 18.8 Å². The summed E-state index contributed by atoms with van der Waals surface area (Å²) in [7, 11) is 0. The Bertz CT molecular complexity index is 435. The Kier molecular flexibility index (Phi) is 2.45. The van der Waals surface area contributed by atoms with E-state index in [0.29, 0.717) is 6.61 Å². The van der Waals surface area contributed by atoms with Crippen LogP contribution in [0.4, 0.5) is 0 Å². The molecule has 0 saturated carbocycles. The number of epoxide rings is 1. The lowest BCUT2D eigenvalue weighted by Gasteiger charge is -2.39. The molecule has 0 aliphatic carbocycles. The fraction of sp³-hybridized carbons (Fsp3) is 0.571. The second-order valence-electron chi connectivity index (χ2n) is 5.12. The van der Waals surface area contributed by atoms with Crippen LogP contribution in [0.5, 0.6) is 0 Å². The van der Waals surface area contributed by atoms with Gasteiger partial charge in [0.2, 0.25) is 0 Å². The van der Waals surface area contributed by atoms with Crippen LogP contribution in [0.15, 0.2) is 30.3 Å². The van der Waals surface area contributed by atoms with Crippen molar-refractivity contribution in [3.8, 4) is 0 Å². The summed E-state index contributed by atoms with van der Waals surface area (Å²) in [4.78, 5) is 0. The van der Waals surface area contributed by atoms with E-state index in [4.69, 9.17) is 18.9 Å². The highest BCUT2D eigenvalue weighted by Gasteiger charge is 2.58. The van der Waals surface area contributed by atoms with Crippen molar-refractivity contribution in [1.82, 2.24) is 0 Å². The molecule has 3 heterocycles. The predicted molar refractivity (Wildman–Crippen MR) is 63.0 cm³/mol. The van der Waals surface area contributed by atoms with Crippen molar-refractivity contribution < 1.29 is 18.9 Å². The first-order valence-electron chi connectivity index (χ1n) is 6.46. The second-order valence-corrected chi connectivity index (χ2v) is 5.12. The molecule has 4 nitrogen and oxygen atoms in total. The lowest BCUT2D eigenvalue weighted by molar-refractivity contribution is -0.280. The largest absolute Gasteiger partial charge is 0.367 e. The van der Waals surface area contributed by atoms with E-state index >= 15 is 0 Å². The molecule has 4 heteroatoms. The number of ether oxygens (including phenoxy) is 4. The molecule has 0 spiro atoms. The van der Waals surface area contributed by atoms with Gasteiger partial charge in [-0.3, -0.25) is 0 Å². The van der Waals surface area contributed by atoms with Gasteiger partial charge in [-0.1, -0.05) is 30.3 Å². The van der Waals surface area contributed by atoms with E-state index in [1.807, 2.05) is 37.3 Å². The van der Waals surface area contributed by atoms with Crippen molar-refractivity contribution in [3.63, 3.8) is 0 Å². The van der Waals surface area contributed by atoms with E-state index in [1.165, 1.54) is 0 Å². The summed E-state index contributed by atoms with van der Waals surface area (Å²) >= 11 is 0. The standard InChI is InChI=1S/C14H16O4/c1-8-11-13(17-11)12-10(16-8)7-15-14(18-12)9-5-3-2-4-6-9/h2-6,8,10-14H,7H2,1H3. The maximum atomic E-state index is 6.01. The highest BCUT2D eigenvalue weighted by Crippen LogP contribution is 2.43. The first kappa shape index (κ1) is 10.9. The molecule has 6 unspecified atom stereocenters. The van der Waals surface area contributed by atoms with Gasteiger partial charge in [-0.05, 0) is 6.92 Å². The van der Waals surface area contributed by atoms with Gasteiger partial charge in [-0.25, -0.2) is 0 Å². The van der Waals surface area contributed by atoms with E-state index in [0.717, 1.165) is 5.56 Å². The second kappa shape index (κ2) is 4.03. The minimum atomic E-state index is -0.297. The Balaban J connectivity index is 1.52. The maximum Gasteiger partial charge on any atom is 0.184 e. The molecule has 1 aromatic rings. The van der Waals surface area contributed by atoms with Crippen LogP contribution < -0.4 is 0 Å². The van der Waals surface area contributed by atoms with Gasteiger partial charge in [-0.2, -0.15) is 0 Å². The molecule has 0 aromatic heterocycles. The maximum absolute atomic E-state index is 6.01. The number of fused-ring (bicyclic) bond motifs is 3. The molecule has 1 aromatic carbocycles. The summed E-state index contributed by atoms with van der Waals surface area (Å²) in [5.74, 6) is 0. The highest BCUT2D eigenvalue weighted by molar-refractivity contribution is 5.17. The number of hydrogen-bond acceptors (Lipinski definition) is 4. The summed E-state index contributed by atoms with van der Waals surface area (Å²) < 4.78 is 23.2. The van der Waals surface area contributed by atoms with E-state index in [9.17, 15) is 0 Å². The normalized spacial score (nSPS) is 46.1. The van der Waals surface area contributed by atoms with Gasteiger partial charge >= 0.3 is 0 Å². The fourth-order valence-electron chi connectivity index (χ4n) is 2.87. The van der Waals surface area contributed by atoms with Gasteiger partial charge < -0.3 is 18.9 Å². The number of rotatable bonds is 1.